The molecule has 1 aromatic carbocycles. The Labute approximate surface area is 107 Å². The van der Waals surface area contributed by atoms with Crippen molar-refractivity contribution < 1.29 is 8.81 Å². The minimum absolute atomic E-state index is 0.144. The van der Waals surface area contributed by atoms with Crippen LogP contribution in [-0.2, 0) is 6.42 Å². The number of benzene rings is 1. The third-order valence-corrected chi connectivity index (χ3v) is 2.88. The van der Waals surface area contributed by atoms with Gasteiger partial charge >= 0.3 is 0 Å². The second-order valence-electron chi connectivity index (χ2n) is 4.35. The summed E-state index contributed by atoms with van der Waals surface area (Å²) in [5, 5.41) is 3.45. The van der Waals surface area contributed by atoms with Crippen LogP contribution in [-0.4, -0.2) is 6.54 Å². The van der Waals surface area contributed by atoms with Gasteiger partial charge in [0.15, 0.2) is 0 Å². The minimum atomic E-state index is -0.199. The summed E-state index contributed by atoms with van der Waals surface area (Å²) >= 11 is 0. The Morgan fingerprint density at radius 3 is 2.61 bits per heavy atom. The highest BCUT2D eigenvalue weighted by atomic mass is 19.1. The zero-order valence-corrected chi connectivity index (χ0v) is 10.5. The first-order chi connectivity index (χ1) is 8.79. The average molecular weight is 247 g/mol. The maximum Gasteiger partial charge on any atom is 0.123 e. The lowest BCUT2D eigenvalue weighted by atomic mass is 10.0. The van der Waals surface area contributed by atoms with Crippen LogP contribution in [0.1, 0.15) is 30.7 Å². The van der Waals surface area contributed by atoms with Gasteiger partial charge in [0.05, 0.1) is 12.3 Å². The molecule has 0 aliphatic heterocycles. The SMILES string of the molecule is CCCNC(Cc1ccc(F)cc1)c1ccco1. The molecule has 0 aliphatic rings. The Morgan fingerprint density at radius 1 is 1.22 bits per heavy atom. The van der Waals surface area contributed by atoms with E-state index in [0.29, 0.717) is 0 Å². The van der Waals surface area contributed by atoms with Crippen molar-refractivity contribution in [1.82, 2.24) is 5.32 Å². The first-order valence-corrected chi connectivity index (χ1v) is 6.31. The van der Waals surface area contributed by atoms with Gasteiger partial charge in [0.1, 0.15) is 11.6 Å². The molecule has 1 N–H and O–H groups in total. The molecule has 0 aliphatic carbocycles. The Bertz CT molecular complexity index is 450. The van der Waals surface area contributed by atoms with Crippen molar-refractivity contribution in [3.8, 4) is 0 Å². The fourth-order valence-electron chi connectivity index (χ4n) is 1.94. The van der Waals surface area contributed by atoms with Crippen LogP contribution in [0.2, 0.25) is 0 Å². The van der Waals surface area contributed by atoms with Crippen molar-refractivity contribution in [2.75, 3.05) is 6.54 Å². The Balaban J connectivity index is 2.07. The van der Waals surface area contributed by atoms with Crippen LogP contribution in [0.4, 0.5) is 4.39 Å². The smallest absolute Gasteiger partial charge is 0.123 e. The second kappa shape index (κ2) is 6.36. The summed E-state index contributed by atoms with van der Waals surface area (Å²) in [6.07, 6.45) is 3.55. The van der Waals surface area contributed by atoms with E-state index in [1.165, 1.54) is 12.1 Å². The fourth-order valence-corrected chi connectivity index (χ4v) is 1.94. The summed E-state index contributed by atoms with van der Waals surface area (Å²) < 4.78 is 18.3. The van der Waals surface area contributed by atoms with E-state index in [0.717, 1.165) is 30.7 Å². The molecule has 0 saturated carbocycles. The van der Waals surface area contributed by atoms with Gasteiger partial charge in [-0.1, -0.05) is 19.1 Å². The molecule has 1 atom stereocenters. The summed E-state index contributed by atoms with van der Waals surface area (Å²) in [6, 6.07) is 10.6. The first-order valence-electron chi connectivity index (χ1n) is 6.31. The van der Waals surface area contributed by atoms with Gasteiger partial charge in [-0.15, -0.1) is 0 Å². The number of furan rings is 1. The van der Waals surface area contributed by atoms with Crippen LogP contribution in [0.15, 0.2) is 47.1 Å². The van der Waals surface area contributed by atoms with E-state index in [1.54, 1.807) is 6.26 Å². The molecule has 2 rings (SSSR count). The fraction of sp³-hybridized carbons (Fsp3) is 0.333. The highest BCUT2D eigenvalue weighted by Gasteiger charge is 2.14. The van der Waals surface area contributed by atoms with Crippen LogP contribution in [0, 0.1) is 5.82 Å². The molecule has 2 aromatic rings. The number of halogens is 1. The van der Waals surface area contributed by atoms with Gasteiger partial charge in [-0.05, 0) is 49.2 Å². The largest absolute Gasteiger partial charge is 0.468 e. The maximum absolute atomic E-state index is 12.9. The zero-order valence-electron chi connectivity index (χ0n) is 10.5. The van der Waals surface area contributed by atoms with Crippen LogP contribution in [0.25, 0.3) is 0 Å². The summed E-state index contributed by atoms with van der Waals surface area (Å²) in [6.45, 7) is 3.07. The molecule has 3 heteroatoms. The molecule has 96 valence electrons. The summed E-state index contributed by atoms with van der Waals surface area (Å²) in [5.41, 5.74) is 1.10. The van der Waals surface area contributed by atoms with E-state index in [1.807, 2.05) is 24.3 Å². The molecule has 0 spiro atoms. The van der Waals surface area contributed by atoms with Gasteiger partial charge < -0.3 is 9.73 Å². The van der Waals surface area contributed by atoms with Crippen molar-refractivity contribution in [3.05, 3.63) is 59.8 Å². The van der Waals surface area contributed by atoms with Gasteiger partial charge in [0.25, 0.3) is 0 Å². The van der Waals surface area contributed by atoms with Crippen molar-refractivity contribution in [3.63, 3.8) is 0 Å². The third kappa shape index (κ3) is 3.44. The Morgan fingerprint density at radius 2 is 2.00 bits per heavy atom. The molecular formula is C15H18FNO. The molecule has 2 nitrogen and oxygen atoms in total. The molecule has 0 fully saturated rings. The van der Waals surface area contributed by atoms with Crippen LogP contribution < -0.4 is 5.32 Å². The quantitative estimate of drug-likeness (QED) is 0.842. The van der Waals surface area contributed by atoms with Crippen molar-refractivity contribution in [2.45, 2.75) is 25.8 Å². The number of hydrogen-bond acceptors (Lipinski definition) is 2. The molecule has 18 heavy (non-hydrogen) atoms. The molecule has 1 unspecified atom stereocenters. The van der Waals surface area contributed by atoms with Gasteiger partial charge in [0.2, 0.25) is 0 Å². The van der Waals surface area contributed by atoms with Crippen molar-refractivity contribution >= 4 is 0 Å². The van der Waals surface area contributed by atoms with Crippen LogP contribution in [0.3, 0.4) is 0 Å². The predicted octanol–water partition coefficient (Wildman–Crippen LogP) is 3.70. The van der Waals surface area contributed by atoms with E-state index < -0.39 is 0 Å². The minimum Gasteiger partial charge on any atom is -0.468 e. The average Bonchev–Trinajstić information content (AvgIpc) is 2.90. The lowest BCUT2D eigenvalue weighted by Crippen LogP contribution is -2.23. The topological polar surface area (TPSA) is 25.2 Å². The molecule has 0 saturated heterocycles. The Hall–Kier alpha value is -1.61. The third-order valence-electron chi connectivity index (χ3n) is 2.88. The number of nitrogens with one attached hydrogen (secondary N) is 1. The highest BCUT2D eigenvalue weighted by Crippen LogP contribution is 2.19. The first kappa shape index (κ1) is 12.8. The second-order valence-corrected chi connectivity index (χ2v) is 4.35. The maximum atomic E-state index is 12.9. The number of hydrogen-bond donors (Lipinski definition) is 1. The predicted molar refractivity (Wildman–Crippen MR) is 69.8 cm³/mol. The Kier molecular flexibility index (Phi) is 4.53. The summed E-state index contributed by atoms with van der Waals surface area (Å²) in [4.78, 5) is 0. The van der Waals surface area contributed by atoms with Gasteiger partial charge in [-0.25, -0.2) is 4.39 Å². The molecule has 0 bridgehead atoms. The summed E-state index contributed by atoms with van der Waals surface area (Å²) in [5.74, 6) is 0.725. The molecule has 0 amide bonds. The van der Waals surface area contributed by atoms with E-state index in [4.69, 9.17) is 4.42 Å². The lowest BCUT2D eigenvalue weighted by molar-refractivity contribution is 0.410. The van der Waals surface area contributed by atoms with Crippen molar-refractivity contribution in [1.29, 1.82) is 0 Å². The lowest BCUT2D eigenvalue weighted by Gasteiger charge is -2.16. The van der Waals surface area contributed by atoms with E-state index >= 15 is 0 Å². The van der Waals surface area contributed by atoms with Crippen molar-refractivity contribution in [2.24, 2.45) is 0 Å². The van der Waals surface area contributed by atoms with Gasteiger partial charge in [-0.2, -0.15) is 0 Å². The van der Waals surface area contributed by atoms with Gasteiger partial charge in [-0.3, -0.25) is 0 Å². The molecule has 0 radical (unpaired) electrons. The standard InChI is InChI=1S/C15H18FNO/c1-2-9-17-14(15-4-3-10-18-15)11-12-5-7-13(16)8-6-12/h3-8,10,14,17H,2,9,11H2,1H3. The van der Waals surface area contributed by atoms with Gasteiger partial charge in [0, 0.05) is 0 Å². The van der Waals surface area contributed by atoms with E-state index in [9.17, 15) is 4.39 Å². The highest BCUT2D eigenvalue weighted by molar-refractivity contribution is 5.19. The monoisotopic (exact) mass is 247 g/mol. The normalized spacial score (nSPS) is 12.6. The molecule has 1 aromatic heterocycles. The van der Waals surface area contributed by atoms with E-state index in [2.05, 4.69) is 12.2 Å². The molecular weight excluding hydrogens is 229 g/mol. The zero-order chi connectivity index (χ0) is 12.8. The van der Waals surface area contributed by atoms with Crippen LogP contribution in [0.5, 0.6) is 0 Å². The summed E-state index contributed by atoms with van der Waals surface area (Å²) in [7, 11) is 0. The van der Waals surface area contributed by atoms with E-state index in [-0.39, 0.29) is 11.9 Å². The van der Waals surface area contributed by atoms with Crippen LogP contribution >= 0.6 is 0 Å². The molecule has 1 heterocycles. The number of rotatable bonds is 6.